The topological polar surface area (TPSA) is 26.3 Å². The minimum atomic E-state index is -0.269. The lowest BCUT2D eigenvalue weighted by Gasteiger charge is -2.07. The fourth-order valence-corrected chi connectivity index (χ4v) is 3.58. The average molecular weight is 354 g/mol. The molecule has 0 radical (unpaired) electrons. The second-order valence-electron chi connectivity index (χ2n) is 5.45. The van der Waals surface area contributed by atoms with Crippen molar-refractivity contribution in [2.24, 2.45) is 0 Å². The quantitative estimate of drug-likeness (QED) is 0.428. The fraction of sp³-hybridized carbons (Fsp3) is 0.150. The summed E-state index contributed by atoms with van der Waals surface area (Å²) in [7, 11) is 0. The summed E-state index contributed by atoms with van der Waals surface area (Å²) in [5, 5.41) is 1.93. The van der Waals surface area contributed by atoms with Gasteiger partial charge in [0.05, 0.1) is 0 Å². The summed E-state index contributed by atoms with van der Waals surface area (Å²) < 4.78 is 5.50. The molecule has 0 N–H and O–H groups in total. The molecule has 1 aromatic heterocycles. The van der Waals surface area contributed by atoms with Crippen LogP contribution in [-0.2, 0) is 11.3 Å². The maximum Gasteiger partial charge on any atom is 0.349 e. The van der Waals surface area contributed by atoms with Gasteiger partial charge in [0, 0.05) is 10.5 Å². The molecule has 2 nitrogen and oxygen atoms in total. The lowest BCUT2D eigenvalue weighted by Crippen LogP contribution is -2.04. The molecule has 24 heavy (non-hydrogen) atoms. The molecule has 1 heterocycles. The van der Waals surface area contributed by atoms with Crippen molar-refractivity contribution in [1.29, 1.82) is 0 Å². The summed E-state index contributed by atoms with van der Waals surface area (Å²) in [6, 6.07) is 18.2. The van der Waals surface area contributed by atoms with Crippen LogP contribution >= 0.6 is 23.1 Å². The largest absolute Gasteiger partial charge is 0.457 e. The number of benzene rings is 2. The van der Waals surface area contributed by atoms with E-state index in [4.69, 9.17) is 4.74 Å². The number of thiophene rings is 1. The van der Waals surface area contributed by atoms with Gasteiger partial charge >= 0.3 is 5.97 Å². The van der Waals surface area contributed by atoms with Crippen LogP contribution in [0.1, 0.15) is 20.8 Å². The molecule has 3 rings (SSSR count). The first-order chi connectivity index (χ1) is 11.7. The van der Waals surface area contributed by atoms with Crippen molar-refractivity contribution in [3.05, 3.63) is 76.0 Å². The Hall–Kier alpha value is -2.04. The Balaban J connectivity index is 1.71. The second kappa shape index (κ2) is 7.69. The molecule has 0 bridgehead atoms. The molecular weight excluding hydrogens is 336 g/mol. The maximum absolute atomic E-state index is 12.4. The molecule has 3 aromatic rings. The van der Waals surface area contributed by atoms with Crippen molar-refractivity contribution < 1.29 is 9.53 Å². The normalized spacial score (nSPS) is 10.6. The summed E-state index contributed by atoms with van der Waals surface area (Å²) in [6.45, 7) is 2.34. The van der Waals surface area contributed by atoms with E-state index in [1.54, 1.807) is 11.8 Å². The molecule has 4 heteroatoms. The Bertz CT molecular complexity index is 818. The van der Waals surface area contributed by atoms with Gasteiger partial charge in [-0.25, -0.2) is 4.79 Å². The smallest absolute Gasteiger partial charge is 0.349 e. The Morgan fingerprint density at radius 3 is 2.42 bits per heavy atom. The minimum absolute atomic E-state index is 0.269. The van der Waals surface area contributed by atoms with Gasteiger partial charge in [-0.3, -0.25) is 0 Å². The van der Waals surface area contributed by atoms with Gasteiger partial charge in [-0.15, -0.1) is 23.1 Å². The molecule has 0 unspecified atom stereocenters. The van der Waals surface area contributed by atoms with Crippen LogP contribution in [0.4, 0.5) is 0 Å². The monoisotopic (exact) mass is 354 g/mol. The number of thioether (sulfide) groups is 1. The molecular formula is C20H18O2S2. The van der Waals surface area contributed by atoms with Gasteiger partial charge in [0.2, 0.25) is 0 Å². The van der Waals surface area contributed by atoms with Crippen LogP contribution in [0.3, 0.4) is 0 Å². The van der Waals surface area contributed by atoms with Crippen LogP contribution in [0.25, 0.3) is 11.1 Å². The fourth-order valence-electron chi connectivity index (χ4n) is 2.36. The third-order valence-electron chi connectivity index (χ3n) is 3.74. The van der Waals surface area contributed by atoms with E-state index in [2.05, 4.69) is 19.1 Å². The third kappa shape index (κ3) is 3.89. The van der Waals surface area contributed by atoms with Crippen molar-refractivity contribution in [1.82, 2.24) is 0 Å². The van der Waals surface area contributed by atoms with E-state index in [-0.39, 0.29) is 5.97 Å². The summed E-state index contributed by atoms with van der Waals surface area (Å²) >= 11 is 3.11. The number of hydrogen-bond acceptors (Lipinski definition) is 4. The van der Waals surface area contributed by atoms with Gasteiger partial charge < -0.3 is 4.74 Å². The Kier molecular flexibility index (Phi) is 5.38. The number of esters is 1. The molecule has 0 aliphatic carbocycles. The van der Waals surface area contributed by atoms with Crippen LogP contribution < -0.4 is 0 Å². The van der Waals surface area contributed by atoms with Crippen LogP contribution in [0.15, 0.2) is 64.9 Å². The molecule has 0 saturated heterocycles. The number of aryl methyl sites for hydroxylation is 1. The maximum atomic E-state index is 12.4. The SMILES string of the molecule is CSc1ccc(COC(=O)c2sccc2-c2ccc(C)cc2)cc1. The van der Waals surface area contributed by atoms with Crippen LogP contribution in [0, 0.1) is 6.92 Å². The van der Waals surface area contributed by atoms with Crippen molar-refractivity contribution in [3.63, 3.8) is 0 Å². The zero-order valence-corrected chi connectivity index (χ0v) is 15.2. The zero-order valence-electron chi connectivity index (χ0n) is 13.6. The lowest BCUT2D eigenvalue weighted by molar-refractivity contribution is 0.0479. The zero-order chi connectivity index (χ0) is 16.9. The van der Waals surface area contributed by atoms with Gasteiger partial charge in [0.25, 0.3) is 0 Å². The number of ether oxygens (including phenoxy) is 1. The van der Waals surface area contributed by atoms with E-state index in [9.17, 15) is 4.79 Å². The van der Waals surface area contributed by atoms with Crippen LogP contribution in [0.5, 0.6) is 0 Å². The van der Waals surface area contributed by atoms with E-state index in [0.717, 1.165) is 16.7 Å². The Morgan fingerprint density at radius 2 is 1.75 bits per heavy atom. The highest BCUT2D eigenvalue weighted by molar-refractivity contribution is 7.98. The standard InChI is InChI=1S/C20H18O2S2/c1-14-3-7-16(8-4-14)18-11-12-24-19(18)20(21)22-13-15-5-9-17(23-2)10-6-15/h3-12H,13H2,1-2H3. The van der Waals surface area contributed by atoms with E-state index in [1.807, 2.05) is 54.1 Å². The minimum Gasteiger partial charge on any atom is -0.457 e. The van der Waals surface area contributed by atoms with Gasteiger partial charge in [0.1, 0.15) is 11.5 Å². The summed E-state index contributed by atoms with van der Waals surface area (Å²) in [5.41, 5.74) is 4.17. The Morgan fingerprint density at radius 1 is 1.04 bits per heavy atom. The van der Waals surface area contributed by atoms with E-state index in [0.29, 0.717) is 11.5 Å². The number of hydrogen-bond donors (Lipinski definition) is 0. The van der Waals surface area contributed by atoms with Crippen molar-refractivity contribution in [3.8, 4) is 11.1 Å². The highest BCUT2D eigenvalue weighted by Crippen LogP contribution is 2.29. The molecule has 0 atom stereocenters. The van der Waals surface area contributed by atoms with E-state index in [1.165, 1.54) is 21.8 Å². The molecule has 0 amide bonds. The molecule has 0 saturated carbocycles. The Labute approximate surface area is 150 Å². The average Bonchev–Trinajstić information content (AvgIpc) is 3.10. The number of carbonyl (C=O) groups is 1. The first-order valence-electron chi connectivity index (χ1n) is 7.62. The van der Waals surface area contributed by atoms with Crippen LogP contribution in [-0.4, -0.2) is 12.2 Å². The van der Waals surface area contributed by atoms with Crippen molar-refractivity contribution in [2.75, 3.05) is 6.26 Å². The molecule has 2 aromatic carbocycles. The summed E-state index contributed by atoms with van der Waals surface area (Å²) in [5.74, 6) is -0.269. The van der Waals surface area contributed by atoms with Crippen molar-refractivity contribution in [2.45, 2.75) is 18.4 Å². The first kappa shape index (κ1) is 16.8. The van der Waals surface area contributed by atoms with Gasteiger partial charge in [-0.1, -0.05) is 42.0 Å². The van der Waals surface area contributed by atoms with Gasteiger partial charge in [0.15, 0.2) is 0 Å². The molecule has 0 aliphatic heterocycles. The van der Waals surface area contributed by atoms with Gasteiger partial charge in [-0.2, -0.15) is 0 Å². The molecule has 0 fully saturated rings. The first-order valence-corrected chi connectivity index (χ1v) is 9.72. The third-order valence-corrected chi connectivity index (χ3v) is 5.38. The molecule has 122 valence electrons. The molecule has 0 spiro atoms. The van der Waals surface area contributed by atoms with E-state index >= 15 is 0 Å². The summed E-state index contributed by atoms with van der Waals surface area (Å²) in [6.07, 6.45) is 2.04. The highest BCUT2D eigenvalue weighted by Gasteiger charge is 2.16. The second-order valence-corrected chi connectivity index (χ2v) is 7.25. The van der Waals surface area contributed by atoms with Crippen LogP contribution in [0.2, 0.25) is 0 Å². The predicted molar refractivity (Wildman–Crippen MR) is 102 cm³/mol. The number of rotatable bonds is 5. The summed E-state index contributed by atoms with van der Waals surface area (Å²) in [4.78, 5) is 14.3. The predicted octanol–water partition coefficient (Wildman–Crippen LogP) is 5.80. The van der Waals surface area contributed by atoms with E-state index < -0.39 is 0 Å². The number of carbonyl (C=O) groups excluding carboxylic acids is 1. The lowest BCUT2D eigenvalue weighted by atomic mass is 10.1. The molecule has 0 aliphatic rings. The van der Waals surface area contributed by atoms with Crippen molar-refractivity contribution >= 4 is 29.1 Å². The highest BCUT2D eigenvalue weighted by atomic mass is 32.2. The van der Waals surface area contributed by atoms with Gasteiger partial charge in [-0.05, 0) is 47.9 Å².